The number of carbonyl (C=O) groups excluding carboxylic acids is 3. The highest BCUT2D eigenvalue weighted by molar-refractivity contribution is 5.94. The highest BCUT2D eigenvalue weighted by Crippen LogP contribution is 2.18. The molecule has 1 atom stereocenters. The van der Waals surface area contributed by atoms with Gasteiger partial charge in [-0.1, -0.05) is 0 Å². The van der Waals surface area contributed by atoms with Crippen LogP contribution in [-0.4, -0.2) is 67.2 Å². The molecule has 0 spiro atoms. The average Bonchev–Trinajstić information content (AvgIpc) is 2.97. The molecule has 7 heteroatoms. The Hall–Kier alpha value is -1.63. The van der Waals surface area contributed by atoms with Crippen molar-refractivity contribution in [2.24, 2.45) is 0 Å². The SMILES string of the molecule is COC(=O)C1CCCN1CC(=O)N1CCOC1=O. The topological polar surface area (TPSA) is 76.2 Å². The molecule has 18 heavy (non-hydrogen) atoms. The molecule has 0 saturated carbocycles. The second-order valence-corrected chi connectivity index (χ2v) is 4.31. The average molecular weight is 256 g/mol. The smallest absolute Gasteiger partial charge is 0.416 e. The van der Waals surface area contributed by atoms with E-state index in [-0.39, 0.29) is 37.6 Å². The van der Waals surface area contributed by atoms with Crippen molar-refractivity contribution in [3.05, 3.63) is 0 Å². The normalized spacial score (nSPS) is 24.2. The summed E-state index contributed by atoms with van der Waals surface area (Å²) in [6.45, 7) is 1.24. The number of likely N-dealkylation sites (tertiary alicyclic amines) is 1. The van der Waals surface area contributed by atoms with Gasteiger partial charge >= 0.3 is 12.1 Å². The van der Waals surface area contributed by atoms with Gasteiger partial charge in [-0.3, -0.25) is 14.5 Å². The maximum Gasteiger partial charge on any atom is 0.416 e. The molecular weight excluding hydrogens is 240 g/mol. The lowest BCUT2D eigenvalue weighted by molar-refractivity contribution is -0.146. The van der Waals surface area contributed by atoms with E-state index >= 15 is 0 Å². The largest absolute Gasteiger partial charge is 0.468 e. The van der Waals surface area contributed by atoms with Crippen molar-refractivity contribution in [2.45, 2.75) is 18.9 Å². The Morgan fingerprint density at radius 2 is 2.22 bits per heavy atom. The number of amides is 2. The summed E-state index contributed by atoms with van der Waals surface area (Å²) in [4.78, 5) is 37.5. The first-order valence-corrected chi connectivity index (χ1v) is 5.92. The number of esters is 1. The van der Waals surface area contributed by atoms with Gasteiger partial charge in [0.25, 0.3) is 0 Å². The molecule has 0 aliphatic carbocycles. The summed E-state index contributed by atoms with van der Waals surface area (Å²) in [7, 11) is 1.33. The summed E-state index contributed by atoms with van der Waals surface area (Å²) >= 11 is 0. The van der Waals surface area contributed by atoms with Crippen LogP contribution in [0.25, 0.3) is 0 Å². The molecule has 2 fully saturated rings. The molecule has 2 aliphatic heterocycles. The monoisotopic (exact) mass is 256 g/mol. The van der Waals surface area contributed by atoms with Gasteiger partial charge < -0.3 is 9.47 Å². The molecule has 0 N–H and O–H groups in total. The Labute approximate surface area is 105 Å². The van der Waals surface area contributed by atoms with E-state index in [0.29, 0.717) is 13.0 Å². The second kappa shape index (κ2) is 5.34. The predicted molar refractivity (Wildman–Crippen MR) is 59.7 cm³/mol. The summed E-state index contributed by atoms with van der Waals surface area (Å²) < 4.78 is 9.40. The van der Waals surface area contributed by atoms with Gasteiger partial charge in [-0.05, 0) is 19.4 Å². The number of imide groups is 1. The van der Waals surface area contributed by atoms with Crippen LogP contribution in [0.5, 0.6) is 0 Å². The van der Waals surface area contributed by atoms with E-state index < -0.39 is 6.09 Å². The second-order valence-electron chi connectivity index (χ2n) is 4.31. The summed E-state index contributed by atoms with van der Waals surface area (Å²) in [6, 6.07) is -0.377. The van der Waals surface area contributed by atoms with Crippen molar-refractivity contribution in [1.29, 1.82) is 0 Å². The Bertz CT molecular complexity index is 370. The van der Waals surface area contributed by atoms with Crippen molar-refractivity contribution in [2.75, 3.05) is 33.4 Å². The quantitative estimate of drug-likeness (QED) is 0.640. The molecular formula is C11H16N2O5. The molecule has 2 aliphatic rings. The van der Waals surface area contributed by atoms with Crippen LogP contribution >= 0.6 is 0 Å². The zero-order valence-corrected chi connectivity index (χ0v) is 10.3. The van der Waals surface area contributed by atoms with Gasteiger partial charge in [0, 0.05) is 0 Å². The van der Waals surface area contributed by atoms with Crippen molar-refractivity contribution in [3.63, 3.8) is 0 Å². The molecule has 100 valence electrons. The summed E-state index contributed by atoms with van der Waals surface area (Å²) in [6.07, 6.45) is 0.927. The third-order valence-electron chi connectivity index (χ3n) is 3.24. The number of methoxy groups -OCH3 is 1. The molecule has 2 amide bonds. The third kappa shape index (κ3) is 2.45. The molecule has 0 aromatic carbocycles. The lowest BCUT2D eigenvalue weighted by Gasteiger charge is -2.23. The summed E-state index contributed by atoms with van der Waals surface area (Å²) in [5.41, 5.74) is 0. The minimum atomic E-state index is -0.603. The maximum atomic E-state index is 11.9. The fourth-order valence-electron chi connectivity index (χ4n) is 2.30. The fraction of sp³-hybridized carbons (Fsp3) is 0.727. The van der Waals surface area contributed by atoms with E-state index in [4.69, 9.17) is 9.47 Å². The first-order chi connectivity index (χ1) is 8.63. The highest BCUT2D eigenvalue weighted by atomic mass is 16.6. The van der Waals surface area contributed by atoms with Crippen LogP contribution in [0.15, 0.2) is 0 Å². The summed E-state index contributed by atoms with van der Waals surface area (Å²) in [5, 5.41) is 0. The zero-order chi connectivity index (χ0) is 13.1. The minimum absolute atomic E-state index is 0.0505. The van der Waals surface area contributed by atoms with Crippen molar-refractivity contribution < 1.29 is 23.9 Å². The molecule has 2 saturated heterocycles. The van der Waals surface area contributed by atoms with Crippen LogP contribution in [0, 0.1) is 0 Å². The molecule has 0 radical (unpaired) electrons. The van der Waals surface area contributed by atoms with Crippen molar-refractivity contribution in [1.82, 2.24) is 9.80 Å². The lowest BCUT2D eigenvalue weighted by Crippen LogP contribution is -2.45. The van der Waals surface area contributed by atoms with Crippen LogP contribution in [0.3, 0.4) is 0 Å². The number of rotatable bonds is 3. The van der Waals surface area contributed by atoms with Crippen molar-refractivity contribution >= 4 is 18.0 Å². The first kappa shape index (κ1) is 12.8. The van der Waals surface area contributed by atoms with Gasteiger partial charge in [-0.15, -0.1) is 0 Å². The Morgan fingerprint density at radius 3 is 2.83 bits per heavy atom. The number of ether oxygens (including phenoxy) is 2. The molecule has 0 aromatic rings. The Kier molecular flexibility index (Phi) is 3.81. The van der Waals surface area contributed by atoms with Crippen LogP contribution in [0.1, 0.15) is 12.8 Å². The standard InChI is InChI=1S/C11H16N2O5/c1-17-10(15)8-3-2-4-12(8)7-9(14)13-5-6-18-11(13)16/h8H,2-7H2,1H3. The third-order valence-corrected chi connectivity index (χ3v) is 3.24. The Balaban J connectivity index is 1.94. The number of nitrogens with zero attached hydrogens (tertiary/aromatic N) is 2. The molecule has 1 unspecified atom stereocenters. The number of carbonyl (C=O) groups is 3. The van der Waals surface area contributed by atoms with Gasteiger partial charge in [0.1, 0.15) is 12.6 Å². The van der Waals surface area contributed by atoms with E-state index in [9.17, 15) is 14.4 Å². The molecule has 2 heterocycles. The van der Waals surface area contributed by atoms with Gasteiger partial charge in [-0.2, -0.15) is 0 Å². The molecule has 7 nitrogen and oxygen atoms in total. The number of cyclic esters (lactones) is 1. The van der Waals surface area contributed by atoms with Gasteiger partial charge in [0.05, 0.1) is 20.2 Å². The van der Waals surface area contributed by atoms with E-state index in [0.717, 1.165) is 11.3 Å². The van der Waals surface area contributed by atoms with Gasteiger partial charge in [0.15, 0.2) is 0 Å². The minimum Gasteiger partial charge on any atom is -0.468 e. The molecule has 0 aromatic heterocycles. The molecule has 2 rings (SSSR count). The van der Waals surface area contributed by atoms with Gasteiger partial charge in [0.2, 0.25) is 5.91 Å². The fourth-order valence-corrected chi connectivity index (χ4v) is 2.30. The maximum absolute atomic E-state index is 11.9. The summed E-state index contributed by atoms with van der Waals surface area (Å²) in [5.74, 6) is -0.655. The van der Waals surface area contributed by atoms with E-state index in [1.54, 1.807) is 4.90 Å². The van der Waals surface area contributed by atoms with Crippen LogP contribution in [0.4, 0.5) is 4.79 Å². The van der Waals surface area contributed by atoms with Crippen LogP contribution < -0.4 is 0 Å². The highest BCUT2D eigenvalue weighted by Gasteiger charge is 2.36. The molecule has 0 bridgehead atoms. The van der Waals surface area contributed by atoms with E-state index in [2.05, 4.69) is 0 Å². The number of hydrogen-bond acceptors (Lipinski definition) is 6. The lowest BCUT2D eigenvalue weighted by atomic mass is 10.2. The predicted octanol–water partition coefficient (Wildman–Crippen LogP) is -0.397. The Morgan fingerprint density at radius 1 is 1.44 bits per heavy atom. The van der Waals surface area contributed by atoms with Crippen molar-refractivity contribution in [3.8, 4) is 0 Å². The first-order valence-electron chi connectivity index (χ1n) is 5.92. The van der Waals surface area contributed by atoms with E-state index in [1.807, 2.05) is 0 Å². The number of hydrogen-bond donors (Lipinski definition) is 0. The zero-order valence-electron chi connectivity index (χ0n) is 10.3. The van der Waals surface area contributed by atoms with Gasteiger partial charge in [-0.25, -0.2) is 9.69 Å². The van der Waals surface area contributed by atoms with E-state index in [1.165, 1.54) is 7.11 Å². The van der Waals surface area contributed by atoms with Crippen LogP contribution in [-0.2, 0) is 19.1 Å². The van der Waals surface area contributed by atoms with Crippen LogP contribution in [0.2, 0.25) is 0 Å².